The van der Waals surface area contributed by atoms with Gasteiger partial charge in [0.2, 0.25) is 5.91 Å². The fraction of sp³-hybridized carbons (Fsp3) is 0.611. The number of carbonyl (C=O) groups is 1. The zero-order valence-corrected chi connectivity index (χ0v) is 16.3. The smallest absolute Gasteiger partial charge is 0.223 e. The van der Waals surface area contributed by atoms with Gasteiger partial charge in [0.15, 0.2) is 0 Å². The van der Waals surface area contributed by atoms with E-state index in [1.54, 1.807) is 0 Å². The Hall–Kier alpha value is -0.810. The minimum Gasteiger partial charge on any atom is -0.352 e. The Morgan fingerprint density at radius 3 is 2.33 bits per heavy atom. The van der Waals surface area contributed by atoms with Crippen molar-refractivity contribution in [3.05, 3.63) is 35.4 Å². The van der Waals surface area contributed by atoms with Gasteiger partial charge in [0.1, 0.15) is 0 Å². The van der Waals surface area contributed by atoms with E-state index in [0.717, 1.165) is 38.9 Å². The second kappa shape index (κ2) is 11.7. The topological polar surface area (TPSA) is 58.4 Å². The number of benzene rings is 1. The number of nitrogens with zero attached hydrogens (tertiary/aromatic N) is 1. The first-order valence-electron chi connectivity index (χ1n) is 8.46. The van der Waals surface area contributed by atoms with Gasteiger partial charge in [0.25, 0.3) is 0 Å². The predicted molar refractivity (Wildman–Crippen MR) is 105 cm³/mol. The fourth-order valence-corrected chi connectivity index (χ4v) is 3.15. The molecule has 0 radical (unpaired) electrons. The van der Waals surface area contributed by atoms with Crippen LogP contribution in [-0.4, -0.2) is 29.9 Å². The van der Waals surface area contributed by atoms with Crippen LogP contribution >= 0.6 is 24.8 Å². The van der Waals surface area contributed by atoms with Crippen molar-refractivity contribution >= 4 is 30.7 Å². The average Bonchev–Trinajstić information content (AvgIpc) is 2.97. The van der Waals surface area contributed by atoms with Crippen LogP contribution in [0.3, 0.4) is 0 Å². The number of nitrogens with two attached hydrogens (primary N) is 1. The van der Waals surface area contributed by atoms with E-state index >= 15 is 0 Å². The fourth-order valence-electron chi connectivity index (χ4n) is 3.15. The monoisotopic (exact) mass is 375 g/mol. The number of nitrogens with one attached hydrogen (secondary N) is 1. The van der Waals surface area contributed by atoms with Crippen molar-refractivity contribution in [2.45, 2.75) is 52.2 Å². The number of carbonyl (C=O) groups excluding carboxylic acids is 1. The molecule has 3 N–H and O–H groups in total. The van der Waals surface area contributed by atoms with Crippen LogP contribution in [0, 0.1) is 5.92 Å². The van der Waals surface area contributed by atoms with Gasteiger partial charge in [-0.2, -0.15) is 0 Å². The third kappa shape index (κ3) is 6.60. The van der Waals surface area contributed by atoms with E-state index in [1.165, 1.54) is 11.1 Å². The van der Waals surface area contributed by atoms with Crippen LogP contribution in [0.4, 0.5) is 0 Å². The molecule has 1 aromatic rings. The second-order valence-electron chi connectivity index (χ2n) is 6.22. The van der Waals surface area contributed by atoms with Gasteiger partial charge in [-0.05, 0) is 43.5 Å². The Balaban J connectivity index is 0.00000264. The molecule has 1 aliphatic carbocycles. The maximum Gasteiger partial charge on any atom is 0.223 e. The molecule has 1 fully saturated rings. The van der Waals surface area contributed by atoms with Crippen molar-refractivity contribution in [3.8, 4) is 0 Å². The summed E-state index contributed by atoms with van der Waals surface area (Å²) in [4.78, 5) is 14.6. The lowest BCUT2D eigenvalue weighted by atomic mass is 10.0. The highest BCUT2D eigenvalue weighted by Gasteiger charge is 2.27. The molecule has 1 aromatic carbocycles. The Morgan fingerprint density at radius 1 is 1.17 bits per heavy atom. The van der Waals surface area contributed by atoms with Crippen molar-refractivity contribution in [2.75, 3.05) is 13.1 Å². The number of hydrogen-bond donors (Lipinski definition) is 2. The lowest BCUT2D eigenvalue weighted by Gasteiger charge is -2.20. The molecule has 4 nitrogen and oxygen atoms in total. The molecule has 1 saturated carbocycles. The molecule has 1 amide bonds. The highest BCUT2D eigenvalue weighted by molar-refractivity contribution is 5.85. The van der Waals surface area contributed by atoms with Crippen LogP contribution in [0.1, 0.15) is 44.2 Å². The largest absolute Gasteiger partial charge is 0.352 e. The van der Waals surface area contributed by atoms with Crippen molar-refractivity contribution in [3.63, 3.8) is 0 Å². The molecule has 2 rings (SSSR count). The lowest BCUT2D eigenvalue weighted by molar-refractivity contribution is -0.125. The maximum atomic E-state index is 12.2. The summed E-state index contributed by atoms with van der Waals surface area (Å²) in [5.41, 5.74) is 8.41. The summed E-state index contributed by atoms with van der Waals surface area (Å²) < 4.78 is 0. The van der Waals surface area contributed by atoms with Crippen LogP contribution in [0.15, 0.2) is 24.3 Å². The van der Waals surface area contributed by atoms with E-state index < -0.39 is 0 Å². The van der Waals surface area contributed by atoms with E-state index in [-0.39, 0.29) is 42.7 Å². The Bertz CT molecular complexity index is 495. The zero-order chi connectivity index (χ0) is 15.9. The van der Waals surface area contributed by atoms with Gasteiger partial charge in [0.05, 0.1) is 0 Å². The van der Waals surface area contributed by atoms with Crippen LogP contribution in [-0.2, 0) is 17.9 Å². The molecule has 1 aliphatic rings. The Morgan fingerprint density at radius 2 is 1.79 bits per heavy atom. The summed E-state index contributed by atoms with van der Waals surface area (Å²) in [5, 5.41) is 3.10. The second-order valence-corrected chi connectivity index (χ2v) is 6.22. The first-order valence-corrected chi connectivity index (χ1v) is 8.46. The number of halogens is 2. The van der Waals surface area contributed by atoms with Crippen molar-refractivity contribution < 1.29 is 4.79 Å². The summed E-state index contributed by atoms with van der Waals surface area (Å²) in [6.45, 7) is 7.98. The molecule has 24 heavy (non-hydrogen) atoms. The van der Waals surface area contributed by atoms with Crippen molar-refractivity contribution in [1.82, 2.24) is 10.2 Å². The molecule has 0 spiro atoms. The first kappa shape index (κ1) is 23.2. The molecular formula is C18H31Cl2N3O. The Kier molecular flexibility index (Phi) is 11.3. The first-order chi connectivity index (χ1) is 10.6. The van der Waals surface area contributed by atoms with E-state index in [0.29, 0.717) is 6.54 Å². The summed E-state index contributed by atoms with van der Waals surface area (Å²) in [7, 11) is 0. The molecule has 6 heteroatoms. The average molecular weight is 376 g/mol. The summed E-state index contributed by atoms with van der Waals surface area (Å²) in [6.07, 6.45) is 2.72. The van der Waals surface area contributed by atoms with E-state index in [2.05, 4.69) is 42.3 Å². The number of amides is 1. The molecule has 0 aromatic heterocycles. The van der Waals surface area contributed by atoms with Crippen molar-refractivity contribution in [1.29, 1.82) is 0 Å². The predicted octanol–water partition coefficient (Wildman–Crippen LogP) is 3.12. The molecule has 2 atom stereocenters. The van der Waals surface area contributed by atoms with Crippen LogP contribution < -0.4 is 11.1 Å². The number of rotatable bonds is 7. The molecule has 0 aliphatic heterocycles. The minimum atomic E-state index is 0. The van der Waals surface area contributed by atoms with Gasteiger partial charge in [-0.25, -0.2) is 0 Å². The normalized spacial score (nSPS) is 19.5. The zero-order valence-electron chi connectivity index (χ0n) is 14.7. The Labute approximate surface area is 158 Å². The van der Waals surface area contributed by atoms with E-state index in [1.807, 2.05) is 6.07 Å². The molecule has 0 saturated heterocycles. The molecular weight excluding hydrogens is 345 g/mol. The minimum absolute atomic E-state index is 0. The molecule has 138 valence electrons. The highest BCUT2D eigenvalue weighted by atomic mass is 35.5. The van der Waals surface area contributed by atoms with Crippen LogP contribution in [0.2, 0.25) is 0 Å². The quantitative estimate of drug-likeness (QED) is 0.769. The summed E-state index contributed by atoms with van der Waals surface area (Å²) >= 11 is 0. The third-order valence-corrected chi connectivity index (χ3v) is 4.70. The van der Waals surface area contributed by atoms with Gasteiger partial charge in [-0.1, -0.05) is 38.1 Å². The SMILES string of the molecule is CCN(CC)Cc1ccccc1CNC(=O)C1CCC(N)C1.Cl.Cl. The van der Waals surface area contributed by atoms with Gasteiger partial charge in [-0.15, -0.1) is 24.8 Å². The van der Waals surface area contributed by atoms with E-state index in [4.69, 9.17) is 5.73 Å². The van der Waals surface area contributed by atoms with Crippen molar-refractivity contribution in [2.24, 2.45) is 11.7 Å². The molecule has 2 unspecified atom stereocenters. The maximum absolute atomic E-state index is 12.2. The number of hydrogen-bond acceptors (Lipinski definition) is 3. The van der Waals surface area contributed by atoms with Gasteiger partial charge in [0, 0.05) is 25.0 Å². The van der Waals surface area contributed by atoms with Gasteiger partial charge in [-0.3, -0.25) is 9.69 Å². The summed E-state index contributed by atoms with van der Waals surface area (Å²) in [5.74, 6) is 0.260. The lowest BCUT2D eigenvalue weighted by Crippen LogP contribution is -2.30. The van der Waals surface area contributed by atoms with E-state index in [9.17, 15) is 4.79 Å². The summed E-state index contributed by atoms with van der Waals surface area (Å²) in [6, 6.07) is 8.58. The van der Waals surface area contributed by atoms with Gasteiger partial charge < -0.3 is 11.1 Å². The molecule has 0 heterocycles. The molecule has 0 bridgehead atoms. The van der Waals surface area contributed by atoms with Gasteiger partial charge >= 0.3 is 0 Å². The van der Waals surface area contributed by atoms with Crippen LogP contribution in [0.25, 0.3) is 0 Å². The van der Waals surface area contributed by atoms with Crippen LogP contribution in [0.5, 0.6) is 0 Å². The standard InChI is InChI=1S/C18H29N3O.2ClH/c1-3-21(4-2)13-16-8-6-5-7-15(16)12-20-18(22)14-9-10-17(19)11-14;;/h5-8,14,17H,3-4,9-13,19H2,1-2H3,(H,20,22);2*1H. The highest BCUT2D eigenvalue weighted by Crippen LogP contribution is 2.24. The third-order valence-electron chi connectivity index (χ3n) is 4.70.